The van der Waals surface area contributed by atoms with Gasteiger partial charge >= 0.3 is 5.97 Å². The topological polar surface area (TPSA) is 94.3 Å². The number of carbonyl (C=O) groups is 2. The second kappa shape index (κ2) is 6.02. The number of terminal acetylenes is 1. The number of carboxylic acid groups (broad SMARTS) is 1. The smallest absolute Gasteiger partial charge is 0.323 e. The Morgan fingerprint density at radius 2 is 2.22 bits per heavy atom. The van der Waals surface area contributed by atoms with Crippen molar-refractivity contribution >= 4 is 11.9 Å². The van der Waals surface area contributed by atoms with Gasteiger partial charge in [-0.3, -0.25) is 9.59 Å². The van der Waals surface area contributed by atoms with Crippen molar-refractivity contribution in [2.75, 3.05) is 13.1 Å². The first-order valence-electron chi connectivity index (χ1n) is 4.89. The van der Waals surface area contributed by atoms with Gasteiger partial charge in [-0.05, 0) is 12.1 Å². The predicted octanol–water partition coefficient (Wildman–Crippen LogP) is 0.113. The van der Waals surface area contributed by atoms with Crippen LogP contribution in [-0.4, -0.2) is 40.0 Å². The van der Waals surface area contributed by atoms with Crippen LogP contribution >= 0.6 is 0 Å². The van der Waals surface area contributed by atoms with Crippen LogP contribution in [0.1, 0.15) is 16.1 Å². The summed E-state index contributed by atoms with van der Waals surface area (Å²) in [5.41, 5.74) is 0.360. The minimum absolute atomic E-state index is 0.0468. The van der Waals surface area contributed by atoms with Gasteiger partial charge in [-0.25, -0.2) is 4.98 Å². The summed E-state index contributed by atoms with van der Waals surface area (Å²) < 4.78 is 0. The Balaban J connectivity index is 2.91. The van der Waals surface area contributed by atoms with Gasteiger partial charge in [0.2, 0.25) is 0 Å². The fraction of sp³-hybridized carbons (Fsp3) is 0.167. The van der Waals surface area contributed by atoms with Crippen molar-refractivity contribution in [3.05, 3.63) is 29.6 Å². The minimum atomic E-state index is -1.16. The Morgan fingerprint density at radius 1 is 1.50 bits per heavy atom. The molecule has 1 N–H and O–H groups in total. The van der Waals surface area contributed by atoms with Gasteiger partial charge in [0, 0.05) is 6.20 Å². The van der Waals surface area contributed by atoms with E-state index in [4.69, 9.17) is 16.8 Å². The molecular weight excluding hydrogens is 234 g/mol. The third-order valence-corrected chi connectivity index (χ3v) is 2.01. The number of amides is 1. The number of aliphatic carboxylic acids is 1. The lowest BCUT2D eigenvalue weighted by Gasteiger charge is -2.17. The van der Waals surface area contributed by atoms with Crippen LogP contribution < -0.4 is 0 Å². The summed E-state index contributed by atoms with van der Waals surface area (Å²) in [6.07, 6.45) is 6.30. The van der Waals surface area contributed by atoms with Crippen molar-refractivity contribution in [3.63, 3.8) is 0 Å². The van der Waals surface area contributed by atoms with E-state index in [2.05, 4.69) is 10.9 Å². The SMILES string of the molecule is C#CCN(CC(=O)O)C(=O)c1ccc(C#N)cn1. The molecule has 1 rings (SSSR count). The standard InChI is InChI=1S/C12H9N3O3/c1-2-5-15(8-11(16)17)12(18)10-4-3-9(6-13)7-14-10/h1,3-4,7H,5,8H2,(H,16,17). The molecule has 0 aliphatic rings. The van der Waals surface area contributed by atoms with Gasteiger partial charge < -0.3 is 10.0 Å². The van der Waals surface area contributed by atoms with Crippen LogP contribution in [-0.2, 0) is 4.79 Å². The molecule has 90 valence electrons. The maximum atomic E-state index is 11.9. The van der Waals surface area contributed by atoms with Gasteiger partial charge in [0.25, 0.3) is 5.91 Å². The normalized spacial score (nSPS) is 9.00. The zero-order valence-electron chi connectivity index (χ0n) is 9.33. The maximum Gasteiger partial charge on any atom is 0.323 e. The minimum Gasteiger partial charge on any atom is -0.480 e. The molecule has 0 fully saturated rings. The summed E-state index contributed by atoms with van der Waals surface area (Å²) in [6.45, 7) is -0.614. The molecule has 0 unspecified atom stereocenters. The van der Waals surface area contributed by atoms with E-state index in [9.17, 15) is 9.59 Å². The molecule has 1 aromatic rings. The molecule has 1 aromatic heterocycles. The number of aromatic nitrogens is 1. The van der Waals surface area contributed by atoms with E-state index in [1.807, 2.05) is 6.07 Å². The summed E-state index contributed by atoms with van der Waals surface area (Å²) in [5.74, 6) is 0.465. The zero-order chi connectivity index (χ0) is 13.5. The lowest BCUT2D eigenvalue weighted by molar-refractivity contribution is -0.137. The Hall–Kier alpha value is -2.86. The van der Waals surface area contributed by atoms with Crippen LogP contribution in [0.15, 0.2) is 18.3 Å². The fourth-order valence-electron chi connectivity index (χ4n) is 1.22. The molecule has 1 amide bonds. The van der Waals surface area contributed by atoms with Crippen molar-refractivity contribution in [2.45, 2.75) is 0 Å². The van der Waals surface area contributed by atoms with E-state index in [1.165, 1.54) is 18.3 Å². The first kappa shape index (κ1) is 13.2. The number of nitrogens with zero attached hydrogens (tertiary/aromatic N) is 3. The number of rotatable bonds is 4. The molecule has 6 nitrogen and oxygen atoms in total. The Bertz CT molecular complexity index is 537. The molecule has 0 saturated heterocycles. The van der Waals surface area contributed by atoms with Gasteiger partial charge in [0.15, 0.2) is 0 Å². The van der Waals surface area contributed by atoms with E-state index in [0.29, 0.717) is 5.56 Å². The second-order valence-corrected chi connectivity index (χ2v) is 3.30. The number of carbonyl (C=O) groups excluding carboxylic acids is 1. The predicted molar refractivity (Wildman–Crippen MR) is 61.3 cm³/mol. The molecule has 0 atom stereocenters. The number of hydrogen-bond acceptors (Lipinski definition) is 4. The molecule has 0 aliphatic carbocycles. The molecular formula is C12H9N3O3. The zero-order valence-corrected chi connectivity index (χ0v) is 9.33. The van der Waals surface area contributed by atoms with E-state index in [-0.39, 0.29) is 12.2 Å². The molecule has 0 spiro atoms. The summed E-state index contributed by atoms with van der Waals surface area (Å²) in [6, 6.07) is 4.64. The lowest BCUT2D eigenvalue weighted by Crippen LogP contribution is -2.36. The lowest BCUT2D eigenvalue weighted by atomic mass is 10.2. The molecule has 6 heteroatoms. The highest BCUT2D eigenvalue weighted by Gasteiger charge is 2.18. The maximum absolute atomic E-state index is 11.9. The quantitative estimate of drug-likeness (QED) is 0.757. The number of hydrogen-bond donors (Lipinski definition) is 1. The van der Waals surface area contributed by atoms with Crippen molar-refractivity contribution in [1.82, 2.24) is 9.88 Å². The molecule has 0 aliphatic heterocycles. The molecule has 0 bridgehead atoms. The van der Waals surface area contributed by atoms with Crippen LogP contribution in [0.25, 0.3) is 0 Å². The van der Waals surface area contributed by atoms with Crippen LogP contribution in [0.5, 0.6) is 0 Å². The monoisotopic (exact) mass is 243 g/mol. The van der Waals surface area contributed by atoms with Crippen LogP contribution in [0, 0.1) is 23.7 Å². The van der Waals surface area contributed by atoms with Crippen molar-refractivity contribution < 1.29 is 14.7 Å². The number of pyridine rings is 1. The first-order valence-corrected chi connectivity index (χ1v) is 4.89. The Labute approximate surface area is 103 Å². The van der Waals surface area contributed by atoms with E-state index >= 15 is 0 Å². The van der Waals surface area contributed by atoms with Crippen LogP contribution in [0.4, 0.5) is 0 Å². The molecule has 0 radical (unpaired) electrons. The van der Waals surface area contributed by atoms with Crippen LogP contribution in [0.3, 0.4) is 0 Å². The van der Waals surface area contributed by atoms with E-state index < -0.39 is 18.4 Å². The molecule has 0 aromatic carbocycles. The average molecular weight is 243 g/mol. The van der Waals surface area contributed by atoms with Gasteiger partial charge in [-0.1, -0.05) is 5.92 Å². The average Bonchev–Trinajstić information content (AvgIpc) is 2.37. The highest BCUT2D eigenvalue weighted by atomic mass is 16.4. The Kier molecular flexibility index (Phi) is 4.42. The van der Waals surface area contributed by atoms with Gasteiger partial charge in [-0.2, -0.15) is 5.26 Å². The van der Waals surface area contributed by atoms with Gasteiger partial charge in [0.1, 0.15) is 18.3 Å². The number of carboxylic acids is 1. The van der Waals surface area contributed by atoms with Crippen LogP contribution in [0.2, 0.25) is 0 Å². The third-order valence-electron chi connectivity index (χ3n) is 2.01. The van der Waals surface area contributed by atoms with E-state index in [0.717, 1.165) is 4.90 Å². The largest absolute Gasteiger partial charge is 0.480 e. The highest BCUT2D eigenvalue weighted by molar-refractivity contribution is 5.94. The Morgan fingerprint density at radius 3 is 2.67 bits per heavy atom. The van der Waals surface area contributed by atoms with Crippen molar-refractivity contribution in [1.29, 1.82) is 5.26 Å². The first-order chi connectivity index (χ1) is 8.58. The van der Waals surface area contributed by atoms with Gasteiger partial charge in [-0.15, -0.1) is 6.42 Å². The third kappa shape index (κ3) is 3.32. The number of nitriles is 1. The summed E-state index contributed by atoms with van der Waals surface area (Å²) >= 11 is 0. The van der Waals surface area contributed by atoms with Crippen molar-refractivity contribution in [3.8, 4) is 18.4 Å². The molecule has 1 heterocycles. The van der Waals surface area contributed by atoms with Crippen molar-refractivity contribution in [2.24, 2.45) is 0 Å². The summed E-state index contributed by atoms with van der Waals surface area (Å²) in [5, 5.41) is 17.3. The second-order valence-electron chi connectivity index (χ2n) is 3.30. The van der Waals surface area contributed by atoms with E-state index in [1.54, 1.807) is 0 Å². The molecule has 18 heavy (non-hydrogen) atoms. The summed E-state index contributed by atoms with van der Waals surface area (Å²) in [7, 11) is 0. The highest BCUT2D eigenvalue weighted by Crippen LogP contribution is 2.03. The fourth-order valence-corrected chi connectivity index (χ4v) is 1.22. The van der Waals surface area contributed by atoms with Gasteiger partial charge in [0.05, 0.1) is 12.1 Å². The molecule has 0 saturated carbocycles. The summed E-state index contributed by atoms with van der Waals surface area (Å²) in [4.78, 5) is 27.3.